The topological polar surface area (TPSA) is 52.9 Å². The van der Waals surface area contributed by atoms with Gasteiger partial charge in [-0.15, -0.1) is 0 Å². The maximum Gasteiger partial charge on any atom is 0.159 e. The molecule has 0 unspecified atom stereocenters. The van der Waals surface area contributed by atoms with Crippen LogP contribution in [0.15, 0.2) is 24.3 Å². The first-order chi connectivity index (χ1) is 8.13. The van der Waals surface area contributed by atoms with Crippen molar-refractivity contribution in [2.45, 2.75) is 32.7 Å². The number of Topliss-reactive ketones (excluding diaryl/α,β-unsaturated/α-hetero) is 1. The molecule has 3 nitrogen and oxygen atoms in total. The van der Waals surface area contributed by atoms with E-state index in [0.717, 1.165) is 18.5 Å². The van der Waals surface area contributed by atoms with Crippen LogP contribution in [-0.2, 0) is 6.42 Å². The number of hydrogen-bond acceptors (Lipinski definition) is 3. The molecular weight excluding hydrogens is 212 g/mol. The molecule has 0 heterocycles. The number of nitriles is 1. The van der Waals surface area contributed by atoms with Crippen LogP contribution in [0.3, 0.4) is 0 Å². The lowest BCUT2D eigenvalue weighted by Crippen LogP contribution is -2.28. The Morgan fingerprint density at radius 3 is 2.59 bits per heavy atom. The van der Waals surface area contributed by atoms with Crippen LogP contribution < -0.4 is 5.32 Å². The second-order valence-corrected chi connectivity index (χ2v) is 4.22. The molecule has 0 amide bonds. The maximum atomic E-state index is 11.1. The number of ketones is 1. The van der Waals surface area contributed by atoms with E-state index in [9.17, 15) is 4.79 Å². The minimum atomic E-state index is 0.0942. The normalized spacial score (nSPS) is 11.8. The Kier molecular flexibility index (Phi) is 5.38. The molecule has 1 rings (SSSR count). The van der Waals surface area contributed by atoms with Gasteiger partial charge in [0.15, 0.2) is 5.78 Å². The number of carbonyl (C=O) groups is 1. The summed E-state index contributed by atoms with van der Waals surface area (Å²) in [5.41, 5.74) is 1.95. The van der Waals surface area contributed by atoms with E-state index in [2.05, 4.69) is 18.3 Å². The predicted molar refractivity (Wildman–Crippen MR) is 67.8 cm³/mol. The SMILES string of the molecule is CC(=O)c1ccc(C[C@@H](C)NCCC#N)cc1. The quantitative estimate of drug-likeness (QED) is 0.602. The van der Waals surface area contributed by atoms with Gasteiger partial charge in [0.2, 0.25) is 0 Å². The molecule has 0 aliphatic carbocycles. The molecule has 3 heteroatoms. The molecule has 1 N–H and O–H groups in total. The van der Waals surface area contributed by atoms with Gasteiger partial charge in [-0.3, -0.25) is 4.79 Å². The largest absolute Gasteiger partial charge is 0.313 e. The summed E-state index contributed by atoms with van der Waals surface area (Å²) in [5.74, 6) is 0.0942. The third-order valence-electron chi connectivity index (χ3n) is 2.63. The Labute approximate surface area is 102 Å². The summed E-state index contributed by atoms with van der Waals surface area (Å²) < 4.78 is 0. The van der Waals surface area contributed by atoms with Crippen LogP contribution >= 0.6 is 0 Å². The second kappa shape index (κ2) is 6.82. The molecule has 0 aliphatic heterocycles. The van der Waals surface area contributed by atoms with Gasteiger partial charge in [0.1, 0.15) is 0 Å². The highest BCUT2D eigenvalue weighted by atomic mass is 16.1. The summed E-state index contributed by atoms with van der Waals surface area (Å²) in [6.07, 6.45) is 1.44. The summed E-state index contributed by atoms with van der Waals surface area (Å²) in [7, 11) is 0. The number of nitrogens with one attached hydrogen (secondary N) is 1. The zero-order valence-electron chi connectivity index (χ0n) is 10.4. The number of carbonyl (C=O) groups excluding carboxylic acids is 1. The number of benzene rings is 1. The summed E-state index contributed by atoms with van der Waals surface area (Å²) in [5, 5.41) is 11.7. The fourth-order valence-electron chi connectivity index (χ4n) is 1.68. The number of nitrogens with zero attached hydrogens (tertiary/aromatic N) is 1. The standard InChI is InChI=1S/C14H18N2O/c1-11(16-9-3-8-15)10-13-4-6-14(7-5-13)12(2)17/h4-7,11,16H,3,9-10H2,1-2H3/t11-/m1/s1. The zero-order valence-corrected chi connectivity index (χ0v) is 10.4. The second-order valence-electron chi connectivity index (χ2n) is 4.22. The zero-order chi connectivity index (χ0) is 12.7. The summed E-state index contributed by atoms with van der Waals surface area (Å²) in [6.45, 7) is 4.39. The van der Waals surface area contributed by atoms with Gasteiger partial charge in [-0.25, -0.2) is 0 Å². The van der Waals surface area contributed by atoms with Gasteiger partial charge in [-0.2, -0.15) is 5.26 Å². The number of hydrogen-bond donors (Lipinski definition) is 1. The molecule has 0 aliphatic rings. The fraction of sp³-hybridized carbons (Fsp3) is 0.429. The summed E-state index contributed by atoms with van der Waals surface area (Å²) in [4.78, 5) is 11.1. The van der Waals surface area contributed by atoms with Gasteiger partial charge in [0.05, 0.1) is 6.07 Å². The Balaban J connectivity index is 2.46. The van der Waals surface area contributed by atoms with E-state index in [1.807, 2.05) is 24.3 Å². The van der Waals surface area contributed by atoms with E-state index in [1.165, 1.54) is 5.56 Å². The lowest BCUT2D eigenvalue weighted by Gasteiger charge is -2.12. The molecule has 1 atom stereocenters. The highest BCUT2D eigenvalue weighted by Crippen LogP contribution is 2.07. The van der Waals surface area contributed by atoms with Crippen LogP contribution in [0, 0.1) is 11.3 Å². The van der Waals surface area contributed by atoms with Crippen molar-refractivity contribution < 1.29 is 4.79 Å². The maximum absolute atomic E-state index is 11.1. The van der Waals surface area contributed by atoms with Crippen molar-refractivity contribution in [3.63, 3.8) is 0 Å². The lowest BCUT2D eigenvalue weighted by molar-refractivity contribution is 0.101. The van der Waals surface area contributed by atoms with Gasteiger partial charge in [0, 0.05) is 24.6 Å². The molecule has 0 bridgehead atoms. The van der Waals surface area contributed by atoms with Crippen LogP contribution in [0.5, 0.6) is 0 Å². The summed E-state index contributed by atoms with van der Waals surface area (Å²) >= 11 is 0. The van der Waals surface area contributed by atoms with Gasteiger partial charge >= 0.3 is 0 Å². The molecule has 0 aromatic heterocycles. The van der Waals surface area contributed by atoms with Crippen molar-refractivity contribution in [1.29, 1.82) is 5.26 Å². The smallest absolute Gasteiger partial charge is 0.159 e. The van der Waals surface area contributed by atoms with Crippen LogP contribution in [0.1, 0.15) is 36.2 Å². The van der Waals surface area contributed by atoms with Crippen molar-refractivity contribution in [3.05, 3.63) is 35.4 Å². The first-order valence-corrected chi connectivity index (χ1v) is 5.83. The lowest BCUT2D eigenvalue weighted by atomic mass is 10.0. The summed E-state index contributed by atoms with van der Waals surface area (Å²) in [6, 6.07) is 10.1. The van der Waals surface area contributed by atoms with E-state index >= 15 is 0 Å². The highest BCUT2D eigenvalue weighted by Gasteiger charge is 2.03. The Bertz CT molecular complexity index is 403. The fourth-order valence-corrected chi connectivity index (χ4v) is 1.68. The van der Waals surface area contributed by atoms with Crippen LogP contribution in [0.25, 0.3) is 0 Å². The van der Waals surface area contributed by atoms with Crippen LogP contribution in [-0.4, -0.2) is 18.4 Å². The van der Waals surface area contributed by atoms with Gasteiger partial charge in [-0.1, -0.05) is 24.3 Å². The molecule has 0 spiro atoms. The van der Waals surface area contributed by atoms with Crippen molar-refractivity contribution in [3.8, 4) is 6.07 Å². The molecule has 90 valence electrons. The van der Waals surface area contributed by atoms with E-state index < -0.39 is 0 Å². The highest BCUT2D eigenvalue weighted by molar-refractivity contribution is 5.93. The third kappa shape index (κ3) is 4.80. The molecule has 0 saturated heterocycles. The van der Waals surface area contributed by atoms with Crippen molar-refractivity contribution in [2.75, 3.05) is 6.54 Å². The van der Waals surface area contributed by atoms with Crippen molar-refractivity contribution in [1.82, 2.24) is 5.32 Å². The number of rotatable bonds is 6. The first kappa shape index (κ1) is 13.4. The van der Waals surface area contributed by atoms with Gasteiger partial charge < -0.3 is 5.32 Å². The van der Waals surface area contributed by atoms with Crippen molar-refractivity contribution in [2.24, 2.45) is 0 Å². The molecular formula is C14H18N2O. The minimum absolute atomic E-state index is 0.0942. The van der Waals surface area contributed by atoms with E-state index in [-0.39, 0.29) is 5.78 Å². The van der Waals surface area contributed by atoms with Gasteiger partial charge in [-0.05, 0) is 25.8 Å². The molecule has 17 heavy (non-hydrogen) atoms. The average molecular weight is 230 g/mol. The van der Waals surface area contributed by atoms with Crippen LogP contribution in [0.2, 0.25) is 0 Å². The molecule has 1 aromatic rings. The molecule has 0 radical (unpaired) electrons. The van der Waals surface area contributed by atoms with E-state index in [4.69, 9.17) is 5.26 Å². The van der Waals surface area contributed by atoms with Crippen LogP contribution in [0.4, 0.5) is 0 Å². The Morgan fingerprint density at radius 2 is 2.06 bits per heavy atom. The van der Waals surface area contributed by atoms with E-state index in [1.54, 1.807) is 6.92 Å². The van der Waals surface area contributed by atoms with E-state index in [0.29, 0.717) is 12.5 Å². The Morgan fingerprint density at radius 1 is 1.41 bits per heavy atom. The first-order valence-electron chi connectivity index (χ1n) is 5.83. The molecule has 0 fully saturated rings. The van der Waals surface area contributed by atoms with Gasteiger partial charge in [0.25, 0.3) is 0 Å². The predicted octanol–water partition coefficient (Wildman–Crippen LogP) is 2.32. The monoisotopic (exact) mass is 230 g/mol. The Hall–Kier alpha value is -1.66. The minimum Gasteiger partial charge on any atom is -0.313 e. The molecule has 1 aromatic carbocycles. The average Bonchev–Trinajstić information content (AvgIpc) is 2.30. The van der Waals surface area contributed by atoms with Crippen molar-refractivity contribution >= 4 is 5.78 Å². The third-order valence-corrected chi connectivity index (χ3v) is 2.63. The molecule has 0 saturated carbocycles.